The molecule has 0 aromatic heterocycles. The molecule has 0 spiro atoms. The second-order valence-electron chi connectivity index (χ2n) is 4.54. The molecule has 0 fully saturated rings. The van der Waals surface area contributed by atoms with E-state index in [2.05, 4.69) is 76.9 Å². The van der Waals surface area contributed by atoms with Crippen LogP contribution in [-0.2, 0) is 0 Å². The van der Waals surface area contributed by atoms with Gasteiger partial charge in [0.2, 0.25) is 0 Å². The van der Waals surface area contributed by atoms with Gasteiger partial charge in [-0.1, -0.05) is 49.5 Å². The maximum absolute atomic E-state index is 4.22. The number of hydrogen-bond acceptors (Lipinski definition) is 1. The van der Waals surface area contributed by atoms with Crippen molar-refractivity contribution >= 4 is 22.9 Å². The third-order valence-electron chi connectivity index (χ3n) is 3.26. The molecule has 15 heavy (non-hydrogen) atoms. The van der Waals surface area contributed by atoms with Gasteiger partial charge in [0.05, 0.1) is 22.9 Å². The van der Waals surface area contributed by atoms with E-state index in [1.54, 1.807) is 0 Å². The van der Waals surface area contributed by atoms with Crippen LogP contribution in [0.25, 0.3) is 0 Å². The first-order chi connectivity index (χ1) is 7.03. The summed E-state index contributed by atoms with van der Waals surface area (Å²) in [5, 5.41) is 0. The lowest BCUT2D eigenvalue weighted by molar-refractivity contribution is 0.401. The lowest BCUT2D eigenvalue weighted by Gasteiger charge is -2.40. The fraction of sp³-hybridized carbons (Fsp3) is 0.385. The molecule has 80 valence electrons. The predicted molar refractivity (Wildman–Crippen MR) is 73.5 cm³/mol. The van der Waals surface area contributed by atoms with Crippen LogP contribution in [0, 0.1) is 11.3 Å². The molecule has 0 N–H and O–H groups in total. The van der Waals surface area contributed by atoms with Crippen LogP contribution >= 0.6 is 22.9 Å². The lowest BCUT2D eigenvalue weighted by Crippen LogP contribution is -2.30. The molecule has 0 saturated heterocycles. The first-order valence-corrected chi connectivity index (χ1v) is 6.14. The van der Waals surface area contributed by atoms with Crippen molar-refractivity contribution in [2.24, 2.45) is 11.3 Å². The van der Waals surface area contributed by atoms with Crippen molar-refractivity contribution < 1.29 is 0 Å². The van der Waals surface area contributed by atoms with Crippen molar-refractivity contribution in [2.45, 2.75) is 13.3 Å². The Morgan fingerprint density at radius 1 is 1.53 bits per heavy atom. The summed E-state index contributed by atoms with van der Waals surface area (Å²) in [5.41, 5.74) is 2.80. The first-order valence-electron chi connectivity index (χ1n) is 5.18. The maximum Gasteiger partial charge on any atom is 0.0585 e. The monoisotopic (exact) mass is 313 g/mol. The van der Waals surface area contributed by atoms with Crippen LogP contribution in [-0.4, -0.2) is 10.2 Å². The van der Waals surface area contributed by atoms with E-state index in [0.717, 1.165) is 6.42 Å². The Morgan fingerprint density at radius 3 is 2.93 bits per heavy atom. The average Bonchev–Trinajstić information content (AvgIpc) is 2.16. The summed E-state index contributed by atoms with van der Waals surface area (Å²) in [5.74, 6) is 0.475. The summed E-state index contributed by atoms with van der Waals surface area (Å²) in [6.07, 6.45) is 12.2. The molecule has 2 unspecified atom stereocenters. The molecule has 2 aliphatic carbocycles. The van der Waals surface area contributed by atoms with Crippen molar-refractivity contribution in [3.8, 4) is 0 Å². The molecule has 0 aromatic rings. The molecule has 0 bridgehead atoms. The van der Waals surface area contributed by atoms with Gasteiger partial charge < -0.3 is 3.11 Å². The minimum absolute atomic E-state index is 0.124. The number of allylic oxidation sites excluding steroid dienone is 6. The number of hydrogen-bond donors (Lipinski definition) is 0. The second kappa shape index (κ2) is 3.81. The van der Waals surface area contributed by atoms with Crippen molar-refractivity contribution in [2.75, 3.05) is 7.05 Å². The van der Waals surface area contributed by atoms with Crippen LogP contribution in [0.15, 0.2) is 48.2 Å². The summed E-state index contributed by atoms with van der Waals surface area (Å²) in [7, 11) is 2.09. The Morgan fingerprint density at radius 2 is 2.27 bits per heavy atom. The minimum Gasteiger partial charge on any atom is -0.322 e. The van der Waals surface area contributed by atoms with Crippen molar-refractivity contribution in [3.05, 3.63) is 48.2 Å². The highest BCUT2D eigenvalue weighted by molar-refractivity contribution is 14.1. The highest BCUT2D eigenvalue weighted by Crippen LogP contribution is 2.46. The van der Waals surface area contributed by atoms with Gasteiger partial charge >= 0.3 is 0 Å². The van der Waals surface area contributed by atoms with Crippen LogP contribution in [0.2, 0.25) is 0 Å². The Bertz CT molecular complexity index is 376. The third-order valence-corrected chi connectivity index (χ3v) is 3.88. The number of rotatable bonds is 1. The molecule has 2 atom stereocenters. The molecule has 1 nitrogen and oxygen atoms in total. The van der Waals surface area contributed by atoms with Crippen LogP contribution in [0.4, 0.5) is 0 Å². The number of halogens is 1. The van der Waals surface area contributed by atoms with Crippen molar-refractivity contribution in [3.63, 3.8) is 0 Å². The van der Waals surface area contributed by atoms with Gasteiger partial charge in [-0.2, -0.15) is 0 Å². The number of nitrogens with zero attached hydrogens (tertiary/aromatic N) is 1. The smallest absolute Gasteiger partial charge is 0.0585 e. The second-order valence-corrected chi connectivity index (χ2v) is 5.98. The maximum atomic E-state index is 4.22. The van der Waals surface area contributed by atoms with Gasteiger partial charge in [0, 0.05) is 30.5 Å². The molecule has 0 radical (unpaired) electrons. The van der Waals surface area contributed by atoms with Crippen molar-refractivity contribution in [1.29, 1.82) is 0 Å². The highest BCUT2D eigenvalue weighted by atomic mass is 127. The van der Waals surface area contributed by atoms with Crippen LogP contribution in [0.1, 0.15) is 13.3 Å². The summed E-state index contributed by atoms with van der Waals surface area (Å²) >= 11 is 2.32. The zero-order chi connectivity index (χ0) is 11.1. The third kappa shape index (κ3) is 1.92. The normalized spacial score (nSPS) is 33.7. The Hall–Kier alpha value is -0.510. The zero-order valence-electron chi connectivity index (χ0n) is 9.20. The molecule has 2 rings (SSSR count). The molecule has 2 heteroatoms. The molecule has 0 aliphatic heterocycles. The minimum atomic E-state index is 0.124. The average molecular weight is 313 g/mol. The Labute approximate surface area is 106 Å². The Kier molecular flexibility index (Phi) is 2.79. The fourth-order valence-corrected chi connectivity index (χ4v) is 2.72. The van der Waals surface area contributed by atoms with Gasteiger partial charge in [0.1, 0.15) is 0 Å². The predicted octanol–water partition coefficient (Wildman–Crippen LogP) is 3.86. The molecular formula is C13H16IN. The summed E-state index contributed by atoms with van der Waals surface area (Å²) in [4.78, 5) is 0. The molecule has 0 heterocycles. The van der Waals surface area contributed by atoms with Gasteiger partial charge in [-0.05, 0) is 0 Å². The SMILES string of the molecule is C=C1CC(N(C)I)=CC2(C)C=CC=CC12. The quantitative estimate of drug-likeness (QED) is 0.404. The number of fused-ring (bicyclic) bond motifs is 1. The molecular weight excluding hydrogens is 297 g/mol. The van der Waals surface area contributed by atoms with Gasteiger partial charge in [0.25, 0.3) is 0 Å². The van der Waals surface area contributed by atoms with E-state index in [1.807, 2.05) is 0 Å². The van der Waals surface area contributed by atoms with Crippen LogP contribution in [0.5, 0.6) is 0 Å². The largest absolute Gasteiger partial charge is 0.322 e. The van der Waals surface area contributed by atoms with Crippen LogP contribution in [0.3, 0.4) is 0 Å². The molecule has 0 aromatic carbocycles. The van der Waals surface area contributed by atoms with Gasteiger partial charge in [-0.25, -0.2) is 0 Å². The van der Waals surface area contributed by atoms with Crippen molar-refractivity contribution in [1.82, 2.24) is 3.11 Å². The summed E-state index contributed by atoms with van der Waals surface area (Å²) < 4.78 is 2.16. The van der Waals surface area contributed by atoms with E-state index in [1.165, 1.54) is 11.3 Å². The first kappa shape index (κ1) is 11.0. The lowest BCUT2D eigenvalue weighted by atomic mass is 9.67. The summed E-state index contributed by atoms with van der Waals surface area (Å²) in [6, 6.07) is 0. The fourth-order valence-electron chi connectivity index (χ4n) is 2.41. The van der Waals surface area contributed by atoms with E-state index in [-0.39, 0.29) is 5.41 Å². The topological polar surface area (TPSA) is 3.24 Å². The van der Waals surface area contributed by atoms with Gasteiger partial charge in [0.15, 0.2) is 0 Å². The molecule has 2 aliphatic rings. The molecule has 0 amide bonds. The van der Waals surface area contributed by atoms with Gasteiger partial charge in [-0.15, -0.1) is 0 Å². The van der Waals surface area contributed by atoms with E-state index in [9.17, 15) is 0 Å². The van der Waals surface area contributed by atoms with Crippen LogP contribution < -0.4 is 0 Å². The van der Waals surface area contributed by atoms with Gasteiger partial charge in [-0.3, -0.25) is 0 Å². The Balaban J connectivity index is 2.42. The highest BCUT2D eigenvalue weighted by Gasteiger charge is 2.35. The standard InChI is InChI=1S/C13H16IN/c1-10-8-11(15(3)14)9-13(2)7-5-4-6-12(10)13/h4-7,9,12H,1,8H2,2-3H3. The van der Waals surface area contributed by atoms with E-state index >= 15 is 0 Å². The zero-order valence-corrected chi connectivity index (χ0v) is 11.4. The molecule has 0 saturated carbocycles. The van der Waals surface area contributed by atoms with E-state index in [0.29, 0.717) is 5.92 Å². The van der Waals surface area contributed by atoms with E-state index < -0.39 is 0 Å². The van der Waals surface area contributed by atoms with E-state index in [4.69, 9.17) is 0 Å². The summed E-state index contributed by atoms with van der Waals surface area (Å²) in [6.45, 7) is 6.50.